The molecule has 0 aromatic heterocycles. The van der Waals surface area contributed by atoms with Gasteiger partial charge >= 0.3 is 5.69 Å². The maximum Gasteiger partial charge on any atom is 0.311 e. The third-order valence-electron chi connectivity index (χ3n) is 6.84. The van der Waals surface area contributed by atoms with E-state index in [9.17, 15) is 18.5 Å². The summed E-state index contributed by atoms with van der Waals surface area (Å²) < 4.78 is 34.2. The summed E-state index contributed by atoms with van der Waals surface area (Å²) in [7, 11) is -2.43. The standard InChI is InChI=1S/C26H24ClN3O5S/c1-15-12-17(27)7-9-22(15)29-36(33,34)18-8-10-23-21(14-18)19-4-3-5-20(19)26(28-23)16-6-11-25(35-2)24(13-16)30(31)32/h3-4,6-14,19-20,26,28-29H,5H2,1-2H3. The largest absolute Gasteiger partial charge is 0.490 e. The molecule has 0 radical (unpaired) electrons. The number of nitro benzene ring substituents is 1. The van der Waals surface area contributed by atoms with E-state index in [0.717, 1.165) is 28.8 Å². The summed E-state index contributed by atoms with van der Waals surface area (Å²) >= 11 is 6.00. The van der Waals surface area contributed by atoms with Gasteiger partial charge in [-0.25, -0.2) is 8.42 Å². The number of halogens is 1. The van der Waals surface area contributed by atoms with Crippen LogP contribution in [0.15, 0.2) is 71.6 Å². The van der Waals surface area contributed by atoms with E-state index in [2.05, 4.69) is 22.2 Å². The Hall–Kier alpha value is -3.56. The van der Waals surface area contributed by atoms with E-state index >= 15 is 0 Å². The van der Waals surface area contributed by atoms with Gasteiger partial charge in [0, 0.05) is 22.7 Å². The molecule has 3 unspecified atom stereocenters. The molecule has 3 aromatic rings. The van der Waals surface area contributed by atoms with Crippen LogP contribution in [0.25, 0.3) is 0 Å². The van der Waals surface area contributed by atoms with E-state index in [-0.39, 0.29) is 34.2 Å². The molecule has 1 heterocycles. The van der Waals surface area contributed by atoms with Crippen molar-refractivity contribution < 1.29 is 18.1 Å². The zero-order valence-electron chi connectivity index (χ0n) is 19.6. The third kappa shape index (κ3) is 4.29. The van der Waals surface area contributed by atoms with Crippen molar-refractivity contribution in [1.82, 2.24) is 0 Å². The monoisotopic (exact) mass is 525 g/mol. The molecule has 0 fully saturated rings. The summed E-state index contributed by atoms with van der Waals surface area (Å²) in [6.45, 7) is 1.79. The van der Waals surface area contributed by atoms with Crippen LogP contribution in [-0.2, 0) is 10.0 Å². The summed E-state index contributed by atoms with van der Waals surface area (Å²) in [4.78, 5) is 11.3. The number of hydrogen-bond acceptors (Lipinski definition) is 6. The molecule has 0 bridgehead atoms. The van der Waals surface area contributed by atoms with E-state index < -0.39 is 14.9 Å². The number of nitro groups is 1. The quantitative estimate of drug-likeness (QED) is 0.225. The van der Waals surface area contributed by atoms with Gasteiger partial charge in [0.2, 0.25) is 0 Å². The molecule has 10 heteroatoms. The molecule has 36 heavy (non-hydrogen) atoms. The predicted molar refractivity (Wildman–Crippen MR) is 139 cm³/mol. The van der Waals surface area contributed by atoms with E-state index in [1.165, 1.54) is 7.11 Å². The highest BCUT2D eigenvalue weighted by Crippen LogP contribution is 2.51. The summed E-state index contributed by atoms with van der Waals surface area (Å²) in [5, 5.41) is 15.6. The van der Waals surface area contributed by atoms with Gasteiger partial charge in [0.15, 0.2) is 5.75 Å². The minimum Gasteiger partial charge on any atom is -0.490 e. The lowest BCUT2D eigenvalue weighted by Gasteiger charge is -2.37. The zero-order chi connectivity index (χ0) is 25.6. The fourth-order valence-electron chi connectivity index (χ4n) is 5.06. The SMILES string of the molecule is COc1ccc(C2Nc3ccc(S(=O)(=O)Nc4ccc(Cl)cc4C)cc3C3C=CCC32)cc1[N+](=O)[O-]. The van der Waals surface area contributed by atoms with Gasteiger partial charge in [-0.05, 0) is 78.4 Å². The highest BCUT2D eigenvalue weighted by molar-refractivity contribution is 7.92. The number of benzene rings is 3. The second-order valence-corrected chi connectivity index (χ2v) is 11.1. The Labute approximate surface area is 214 Å². The Balaban J connectivity index is 1.49. The van der Waals surface area contributed by atoms with Crippen molar-refractivity contribution in [1.29, 1.82) is 0 Å². The van der Waals surface area contributed by atoms with E-state index in [0.29, 0.717) is 10.7 Å². The first-order valence-corrected chi connectivity index (χ1v) is 13.2. The molecular formula is C26H24ClN3O5S. The van der Waals surface area contributed by atoms with E-state index in [1.807, 2.05) is 6.07 Å². The molecule has 1 aliphatic heterocycles. The smallest absolute Gasteiger partial charge is 0.311 e. The average molecular weight is 526 g/mol. The van der Waals surface area contributed by atoms with Crippen molar-refractivity contribution >= 4 is 38.7 Å². The van der Waals surface area contributed by atoms with Crippen molar-refractivity contribution in [3.05, 3.63) is 98.6 Å². The van der Waals surface area contributed by atoms with Crippen LogP contribution in [0.2, 0.25) is 5.02 Å². The molecule has 5 rings (SSSR count). The van der Waals surface area contributed by atoms with Gasteiger partial charge in [-0.1, -0.05) is 29.8 Å². The van der Waals surface area contributed by atoms with Crippen molar-refractivity contribution in [2.75, 3.05) is 17.1 Å². The van der Waals surface area contributed by atoms with Crippen LogP contribution >= 0.6 is 11.6 Å². The number of sulfonamides is 1. The number of methoxy groups -OCH3 is 1. The molecule has 0 saturated heterocycles. The van der Waals surface area contributed by atoms with Gasteiger partial charge in [-0.15, -0.1) is 0 Å². The lowest BCUT2D eigenvalue weighted by molar-refractivity contribution is -0.385. The summed E-state index contributed by atoms with van der Waals surface area (Å²) in [5.41, 5.74) is 3.56. The lowest BCUT2D eigenvalue weighted by atomic mass is 9.77. The summed E-state index contributed by atoms with van der Waals surface area (Å²) in [5.74, 6) is 0.258. The minimum absolute atomic E-state index is 0.0279. The van der Waals surface area contributed by atoms with Crippen LogP contribution in [-0.4, -0.2) is 20.5 Å². The number of nitrogens with one attached hydrogen (secondary N) is 2. The average Bonchev–Trinajstić information content (AvgIpc) is 3.35. The molecule has 0 amide bonds. The van der Waals surface area contributed by atoms with E-state index in [4.69, 9.17) is 16.3 Å². The second-order valence-electron chi connectivity index (χ2n) is 8.98. The number of aryl methyl sites for hydroxylation is 1. The zero-order valence-corrected chi connectivity index (χ0v) is 21.1. The van der Waals surface area contributed by atoms with Gasteiger partial charge in [-0.2, -0.15) is 0 Å². The van der Waals surface area contributed by atoms with Crippen molar-refractivity contribution in [3.8, 4) is 5.75 Å². The van der Waals surface area contributed by atoms with E-state index in [1.54, 1.807) is 55.5 Å². The number of ether oxygens (including phenoxy) is 1. The van der Waals surface area contributed by atoms with Crippen LogP contribution in [0.1, 0.15) is 35.1 Å². The Morgan fingerprint density at radius 1 is 1.14 bits per heavy atom. The highest BCUT2D eigenvalue weighted by atomic mass is 35.5. The maximum atomic E-state index is 13.2. The van der Waals surface area contributed by atoms with Crippen LogP contribution < -0.4 is 14.8 Å². The van der Waals surface area contributed by atoms with Crippen LogP contribution in [0.5, 0.6) is 5.75 Å². The van der Waals surface area contributed by atoms with Crippen LogP contribution in [0.4, 0.5) is 17.1 Å². The maximum absolute atomic E-state index is 13.2. The van der Waals surface area contributed by atoms with Crippen LogP contribution in [0.3, 0.4) is 0 Å². The number of hydrogen-bond donors (Lipinski definition) is 2. The molecule has 2 aliphatic rings. The van der Waals surface area contributed by atoms with Gasteiger partial charge in [0.1, 0.15) is 0 Å². The Kier molecular flexibility index (Phi) is 6.13. The Morgan fingerprint density at radius 2 is 1.94 bits per heavy atom. The third-order valence-corrected chi connectivity index (χ3v) is 8.43. The molecule has 2 N–H and O–H groups in total. The number of allylic oxidation sites excluding steroid dienone is 2. The Bertz CT molecular complexity index is 1510. The van der Waals surface area contributed by atoms with Gasteiger partial charge < -0.3 is 10.1 Å². The van der Waals surface area contributed by atoms with Crippen molar-refractivity contribution in [3.63, 3.8) is 0 Å². The molecule has 186 valence electrons. The second kappa shape index (κ2) is 9.15. The van der Waals surface area contributed by atoms with Gasteiger partial charge in [0.25, 0.3) is 10.0 Å². The fraction of sp³-hybridized carbons (Fsp3) is 0.231. The van der Waals surface area contributed by atoms with Crippen molar-refractivity contribution in [2.45, 2.75) is 30.2 Å². The van der Waals surface area contributed by atoms with Gasteiger partial charge in [0.05, 0.1) is 28.7 Å². The van der Waals surface area contributed by atoms with Crippen LogP contribution in [0, 0.1) is 23.0 Å². The molecule has 8 nitrogen and oxygen atoms in total. The minimum atomic E-state index is -3.83. The first kappa shape index (κ1) is 24.1. The molecule has 1 aliphatic carbocycles. The molecule has 3 atom stereocenters. The predicted octanol–water partition coefficient (Wildman–Crippen LogP) is 6.19. The number of rotatable bonds is 6. The highest BCUT2D eigenvalue weighted by Gasteiger charge is 2.39. The lowest BCUT2D eigenvalue weighted by Crippen LogP contribution is -2.29. The first-order valence-electron chi connectivity index (χ1n) is 11.4. The topological polar surface area (TPSA) is 111 Å². The number of fused-ring (bicyclic) bond motifs is 3. The van der Waals surface area contributed by atoms with Gasteiger partial charge in [-0.3, -0.25) is 14.8 Å². The fourth-order valence-corrected chi connectivity index (χ4v) is 6.45. The molecular weight excluding hydrogens is 502 g/mol. The Morgan fingerprint density at radius 3 is 2.67 bits per heavy atom. The molecule has 3 aromatic carbocycles. The summed E-state index contributed by atoms with van der Waals surface area (Å²) in [6.07, 6.45) is 4.93. The number of nitrogens with zero attached hydrogens (tertiary/aromatic N) is 1. The molecule has 0 saturated carbocycles. The first-order chi connectivity index (χ1) is 17.2. The summed E-state index contributed by atoms with van der Waals surface area (Å²) in [6, 6.07) is 14.8. The normalized spacial score (nSPS) is 20.2. The van der Waals surface area contributed by atoms with Crippen molar-refractivity contribution in [2.24, 2.45) is 5.92 Å². The number of anilines is 2. The molecule has 0 spiro atoms.